The summed E-state index contributed by atoms with van der Waals surface area (Å²) in [6.07, 6.45) is 1.82. The van der Waals surface area contributed by atoms with Gasteiger partial charge in [0.2, 0.25) is 0 Å². The summed E-state index contributed by atoms with van der Waals surface area (Å²) in [5.74, 6) is 0. The van der Waals surface area contributed by atoms with Gasteiger partial charge >= 0.3 is 6.03 Å². The SMILES string of the molecule is CCN1CCCC1CNC(=O)Nc1cccc(C(C)O)c1. The average molecular weight is 291 g/mol. The predicted octanol–water partition coefficient (Wildman–Crippen LogP) is 2.35. The number of rotatable bonds is 5. The molecule has 0 bridgehead atoms. The van der Waals surface area contributed by atoms with E-state index in [1.54, 1.807) is 13.0 Å². The van der Waals surface area contributed by atoms with E-state index in [9.17, 15) is 9.90 Å². The van der Waals surface area contributed by atoms with Gasteiger partial charge in [0.1, 0.15) is 0 Å². The van der Waals surface area contributed by atoms with Crippen LogP contribution in [-0.2, 0) is 0 Å². The highest BCUT2D eigenvalue weighted by Crippen LogP contribution is 2.17. The number of benzene rings is 1. The number of aliphatic hydroxyl groups is 1. The Labute approximate surface area is 126 Å². The van der Waals surface area contributed by atoms with E-state index in [0.29, 0.717) is 18.3 Å². The van der Waals surface area contributed by atoms with Crippen LogP contribution >= 0.6 is 0 Å². The molecule has 3 N–H and O–H groups in total. The van der Waals surface area contributed by atoms with Crippen molar-refractivity contribution >= 4 is 11.7 Å². The summed E-state index contributed by atoms with van der Waals surface area (Å²) in [6, 6.07) is 7.53. The van der Waals surface area contributed by atoms with Gasteiger partial charge in [-0.15, -0.1) is 0 Å². The zero-order valence-electron chi connectivity index (χ0n) is 12.8. The number of amides is 2. The maximum atomic E-state index is 11.9. The third-order valence-electron chi connectivity index (χ3n) is 4.03. The van der Waals surface area contributed by atoms with E-state index < -0.39 is 6.10 Å². The second kappa shape index (κ2) is 7.43. The predicted molar refractivity (Wildman–Crippen MR) is 84.4 cm³/mol. The van der Waals surface area contributed by atoms with E-state index in [4.69, 9.17) is 0 Å². The van der Waals surface area contributed by atoms with Crippen LogP contribution in [-0.4, -0.2) is 41.7 Å². The van der Waals surface area contributed by atoms with Crippen molar-refractivity contribution in [3.63, 3.8) is 0 Å². The Balaban J connectivity index is 1.83. The molecule has 2 unspecified atom stereocenters. The number of aliphatic hydroxyl groups excluding tert-OH is 1. The minimum atomic E-state index is -0.536. The first-order valence-electron chi connectivity index (χ1n) is 7.67. The highest BCUT2D eigenvalue weighted by atomic mass is 16.3. The molecule has 2 rings (SSSR count). The third kappa shape index (κ3) is 4.44. The van der Waals surface area contributed by atoms with E-state index in [2.05, 4.69) is 22.5 Å². The van der Waals surface area contributed by atoms with E-state index in [-0.39, 0.29) is 6.03 Å². The number of nitrogens with one attached hydrogen (secondary N) is 2. The monoisotopic (exact) mass is 291 g/mol. The molecule has 2 amide bonds. The molecule has 116 valence electrons. The number of anilines is 1. The summed E-state index contributed by atoms with van der Waals surface area (Å²) in [5.41, 5.74) is 1.49. The van der Waals surface area contributed by atoms with E-state index in [1.807, 2.05) is 18.2 Å². The molecule has 1 heterocycles. The minimum absolute atomic E-state index is 0.194. The lowest BCUT2D eigenvalue weighted by molar-refractivity contribution is 0.199. The second-order valence-corrected chi connectivity index (χ2v) is 5.56. The number of hydrogen-bond acceptors (Lipinski definition) is 3. The van der Waals surface area contributed by atoms with Gasteiger partial charge < -0.3 is 15.7 Å². The van der Waals surface area contributed by atoms with E-state index in [0.717, 1.165) is 25.1 Å². The smallest absolute Gasteiger partial charge is 0.319 e. The molecule has 5 nitrogen and oxygen atoms in total. The third-order valence-corrected chi connectivity index (χ3v) is 4.03. The normalized spacial score (nSPS) is 20.2. The minimum Gasteiger partial charge on any atom is -0.389 e. The summed E-state index contributed by atoms with van der Waals surface area (Å²) in [5, 5.41) is 15.3. The standard InChI is InChI=1S/C16H25N3O2/c1-3-19-9-5-8-15(19)11-17-16(21)18-14-7-4-6-13(10-14)12(2)20/h4,6-7,10,12,15,20H,3,5,8-9,11H2,1-2H3,(H2,17,18,21). The number of urea groups is 1. The van der Waals surface area contributed by atoms with Crippen molar-refractivity contribution in [2.24, 2.45) is 0 Å². The van der Waals surface area contributed by atoms with Crippen molar-refractivity contribution < 1.29 is 9.90 Å². The fourth-order valence-electron chi connectivity index (χ4n) is 2.80. The molecule has 2 atom stereocenters. The number of hydrogen-bond donors (Lipinski definition) is 3. The van der Waals surface area contributed by atoms with Gasteiger partial charge in [-0.2, -0.15) is 0 Å². The fourth-order valence-corrected chi connectivity index (χ4v) is 2.80. The number of nitrogens with zero attached hydrogens (tertiary/aromatic N) is 1. The Hall–Kier alpha value is -1.59. The van der Waals surface area contributed by atoms with Crippen molar-refractivity contribution in [2.75, 3.05) is 25.0 Å². The average Bonchev–Trinajstić information content (AvgIpc) is 2.93. The summed E-state index contributed by atoms with van der Waals surface area (Å²) in [4.78, 5) is 14.3. The van der Waals surface area contributed by atoms with Crippen LogP contribution < -0.4 is 10.6 Å². The van der Waals surface area contributed by atoms with Gasteiger partial charge in [0.25, 0.3) is 0 Å². The lowest BCUT2D eigenvalue weighted by Gasteiger charge is -2.23. The van der Waals surface area contributed by atoms with Crippen LogP contribution in [0, 0.1) is 0 Å². The first-order valence-corrected chi connectivity index (χ1v) is 7.67. The highest BCUT2D eigenvalue weighted by molar-refractivity contribution is 5.89. The summed E-state index contributed by atoms with van der Waals surface area (Å²) < 4.78 is 0. The van der Waals surface area contributed by atoms with Crippen molar-refractivity contribution in [3.8, 4) is 0 Å². The maximum absolute atomic E-state index is 11.9. The number of carbonyl (C=O) groups excluding carboxylic acids is 1. The van der Waals surface area contributed by atoms with Crippen LogP contribution in [0.3, 0.4) is 0 Å². The molecule has 21 heavy (non-hydrogen) atoms. The summed E-state index contributed by atoms with van der Waals surface area (Å²) >= 11 is 0. The van der Waals surface area contributed by atoms with E-state index in [1.165, 1.54) is 6.42 Å². The maximum Gasteiger partial charge on any atom is 0.319 e. The quantitative estimate of drug-likeness (QED) is 0.780. The van der Waals surface area contributed by atoms with Gasteiger partial charge in [0, 0.05) is 18.3 Å². The molecule has 0 radical (unpaired) electrons. The van der Waals surface area contributed by atoms with Gasteiger partial charge in [-0.05, 0) is 50.6 Å². The van der Waals surface area contributed by atoms with Gasteiger partial charge in [0.15, 0.2) is 0 Å². The lowest BCUT2D eigenvalue weighted by atomic mass is 10.1. The van der Waals surface area contributed by atoms with Crippen LogP contribution in [0.25, 0.3) is 0 Å². The Bertz CT molecular complexity index is 476. The molecule has 1 aliphatic heterocycles. The molecule has 1 saturated heterocycles. The molecule has 1 aromatic carbocycles. The van der Waals surface area contributed by atoms with Crippen LogP contribution in [0.1, 0.15) is 38.4 Å². The Kier molecular flexibility index (Phi) is 5.59. The number of likely N-dealkylation sites (N-methyl/N-ethyl adjacent to an activating group) is 1. The van der Waals surface area contributed by atoms with Gasteiger partial charge in [0.05, 0.1) is 6.10 Å². The summed E-state index contributed by atoms with van der Waals surface area (Å²) in [6.45, 7) is 6.69. The molecule has 1 aliphatic rings. The fraction of sp³-hybridized carbons (Fsp3) is 0.562. The van der Waals surface area contributed by atoms with Crippen LogP contribution in [0.5, 0.6) is 0 Å². The molecular formula is C16H25N3O2. The lowest BCUT2D eigenvalue weighted by Crippen LogP contribution is -2.41. The van der Waals surface area contributed by atoms with Gasteiger partial charge in [-0.1, -0.05) is 19.1 Å². The zero-order valence-corrected chi connectivity index (χ0v) is 12.8. The first-order chi connectivity index (χ1) is 10.1. The highest BCUT2D eigenvalue weighted by Gasteiger charge is 2.23. The molecule has 0 aromatic heterocycles. The molecule has 0 saturated carbocycles. The van der Waals surface area contributed by atoms with Crippen molar-refractivity contribution in [1.82, 2.24) is 10.2 Å². The molecule has 1 fully saturated rings. The Morgan fingerprint density at radius 2 is 2.33 bits per heavy atom. The second-order valence-electron chi connectivity index (χ2n) is 5.56. The largest absolute Gasteiger partial charge is 0.389 e. The van der Waals surface area contributed by atoms with Crippen molar-refractivity contribution in [1.29, 1.82) is 0 Å². The van der Waals surface area contributed by atoms with E-state index >= 15 is 0 Å². The molecule has 1 aromatic rings. The molecule has 0 aliphatic carbocycles. The molecular weight excluding hydrogens is 266 g/mol. The zero-order chi connectivity index (χ0) is 15.2. The van der Waals surface area contributed by atoms with Gasteiger partial charge in [-0.3, -0.25) is 4.90 Å². The van der Waals surface area contributed by atoms with Crippen LogP contribution in [0.15, 0.2) is 24.3 Å². The van der Waals surface area contributed by atoms with Crippen molar-refractivity contribution in [2.45, 2.75) is 38.8 Å². The Morgan fingerprint density at radius 3 is 3.05 bits per heavy atom. The Morgan fingerprint density at radius 1 is 1.52 bits per heavy atom. The van der Waals surface area contributed by atoms with Gasteiger partial charge in [-0.25, -0.2) is 4.79 Å². The molecule has 5 heteroatoms. The number of carbonyl (C=O) groups is 1. The van der Waals surface area contributed by atoms with Crippen LogP contribution in [0.4, 0.5) is 10.5 Å². The van der Waals surface area contributed by atoms with Crippen LogP contribution in [0.2, 0.25) is 0 Å². The van der Waals surface area contributed by atoms with Crippen molar-refractivity contribution in [3.05, 3.63) is 29.8 Å². The molecule has 0 spiro atoms. The summed E-state index contributed by atoms with van der Waals surface area (Å²) in [7, 11) is 0. The topological polar surface area (TPSA) is 64.6 Å². The number of likely N-dealkylation sites (tertiary alicyclic amines) is 1. The first kappa shape index (κ1) is 15.8.